The van der Waals surface area contributed by atoms with Crippen LogP contribution in [0.3, 0.4) is 0 Å². The first-order chi connectivity index (χ1) is 28.0. The molecule has 0 fully saturated rings. The van der Waals surface area contributed by atoms with E-state index in [4.69, 9.17) is 4.42 Å². The van der Waals surface area contributed by atoms with E-state index in [9.17, 15) is 0 Å². The van der Waals surface area contributed by atoms with E-state index in [0.29, 0.717) is 0 Å². The zero-order valence-corrected chi connectivity index (χ0v) is 31.8. The molecule has 0 radical (unpaired) electrons. The minimum atomic E-state index is -0.0433. The van der Waals surface area contributed by atoms with Crippen molar-refractivity contribution < 1.29 is 4.42 Å². The number of hydrogen-bond acceptors (Lipinski definition) is 2. The molecule has 2 aliphatic carbocycles. The van der Waals surface area contributed by atoms with Crippen LogP contribution in [-0.4, -0.2) is 0 Å². The summed E-state index contributed by atoms with van der Waals surface area (Å²) in [6.07, 6.45) is 0. The van der Waals surface area contributed by atoms with Gasteiger partial charge in [-0.2, -0.15) is 0 Å². The molecule has 2 heteroatoms. The molecular weight excluding hydrogens is 691 g/mol. The number of nitrogens with zero attached hydrogens (tertiary/aromatic N) is 1. The molecule has 0 bridgehead atoms. The number of fused-ring (bicyclic) bond motifs is 9. The molecule has 0 unspecified atom stereocenters. The van der Waals surface area contributed by atoms with Crippen molar-refractivity contribution in [2.75, 3.05) is 4.90 Å². The number of anilines is 3. The number of para-hydroxylation sites is 1. The Kier molecular flexibility index (Phi) is 6.72. The third-order valence-electron chi connectivity index (χ3n) is 12.6. The first-order valence-electron chi connectivity index (χ1n) is 19.8. The third kappa shape index (κ3) is 4.71. The van der Waals surface area contributed by atoms with Crippen LogP contribution in [-0.2, 0) is 5.41 Å². The standard InChI is InChI=1S/C55H37NO/c1-55(2)49-16-7-5-12-42(49)43-28-22-37(33-50(43)55)35-20-26-39(27-21-35)56(51-30-29-46-41-11-4-3-10-40(41)45-14-9-15-47(51)54(45)46)38-24-18-34(19-25-38)36-23-31-53-48(32-36)44-13-6-8-17-52(44)57-53/h3-33H,1-2H3. The minimum Gasteiger partial charge on any atom is -0.456 e. The van der Waals surface area contributed by atoms with Gasteiger partial charge in [0.25, 0.3) is 0 Å². The van der Waals surface area contributed by atoms with Crippen molar-refractivity contribution in [1.29, 1.82) is 0 Å². The Labute approximate surface area is 331 Å². The second kappa shape index (κ2) is 11.9. The lowest BCUT2D eigenvalue weighted by molar-refractivity contribution is 0.660. The molecule has 0 amide bonds. The molecule has 1 aromatic heterocycles. The monoisotopic (exact) mass is 727 g/mol. The fourth-order valence-corrected chi connectivity index (χ4v) is 9.81. The average molecular weight is 728 g/mol. The molecule has 0 saturated carbocycles. The lowest BCUT2D eigenvalue weighted by Gasteiger charge is -2.28. The predicted molar refractivity (Wildman–Crippen MR) is 239 cm³/mol. The van der Waals surface area contributed by atoms with Gasteiger partial charge in [-0.15, -0.1) is 0 Å². The molecule has 12 rings (SSSR count). The van der Waals surface area contributed by atoms with E-state index >= 15 is 0 Å². The summed E-state index contributed by atoms with van der Waals surface area (Å²) in [4.78, 5) is 2.43. The van der Waals surface area contributed by atoms with E-state index in [1.54, 1.807) is 0 Å². The molecule has 2 aliphatic rings. The van der Waals surface area contributed by atoms with Crippen LogP contribution in [0.15, 0.2) is 192 Å². The van der Waals surface area contributed by atoms with Crippen LogP contribution in [0, 0.1) is 0 Å². The van der Waals surface area contributed by atoms with Crippen LogP contribution < -0.4 is 4.90 Å². The van der Waals surface area contributed by atoms with Crippen molar-refractivity contribution in [3.63, 3.8) is 0 Å². The lowest BCUT2D eigenvalue weighted by Crippen LogP contribution is -2.14. The Morgan fingerprint density at radius 2 is 0.895 bits per heavy atom. The van der Waals surface area contributed by atoms with Crippen molar-refractivity contribution in [1.82, 2.24) is 0 Å². The summed E-state index contributed by atoms with van der Waals surface area (Å²) >= 11 is 0. The van der Waals surface area contributed by atoms with Crippen molar-refractivity contribution >= 4 is 49.8 Å². The zero-order chi connectivity index (χ0) is 37.8. The lowest BCUT2D eigenvalue weighted by atomic mass is 9.81. The number of furan rings is 1. The topological polar surface area (TPSA) is 16.4 Å². The van der Waals surface area contributed by atoms with Gasteiger partial charge >= 0.3 is 0 Å². The maximum atomic E-state index is 6.14. The summed E-state index contributed by atoms with van der Waals surface area (Å²) in [6.45, 7) is 4.70. The summed E-state index contributed by atoms with van der Waals surface area (Å²) in [5, 5.41) is 4.84. The molecule has 0 saturated heterocycles. The van der Waals surface area contributed by atoms with Gasteiger partial charge in [0.1, 0.15) is 11.2 Å². The molecule has 268 valence electrons. The van der Waals surface area contributed by atoms with Gasteiger partial charge in [0.2, 0.25) is 0 Å². The van der Waals surface area contributed by atoms with E-state index in [0.717, 1.165) is 39.0 Å². The quantitative estimate of drug-likeness (QED) is 0.175. The third-order valence-corrected chi connectivity index (χ3v) is 12.6. The highest BCUT2D eigenvalue weighted by molar-refractivity contribution is 6.19. The largest absolute Gasteiger partial charge is 0.456 e. The van der Waals surface area contributed by atoms with Gasteiger partial charge < -0.3 is 9.32 Å². The van der Waals surface area contributed by atoms with Gasteiger partial charge in [-0.05, 0) is 127 Å². The molecule has 0 N–H and O–H groups in total. The fraction of sp³-hybridized carbons (Fsp3) is 0.0545. The summed E-state index contributed by atoms with van der Waals surface area (Å²) in [5.74, 6) is 0. The number of rotatable bonds is 5. The van der Waals surface area contributed by atoms with Crippen molar-refractivity contribution in [2.24, 2.45) is 0 Å². The molecule has 9 aromatic carbocycles. The highest BCUT2D eigenvalue weighted by Gasteiger charge is 2.35. The van der Waals surface area contributed by atoms with Crippen LogP contribution in [0.5, 0.6) is 0 Å². The van der Waals surface area contributed by atoms with Gasteiger partial charge in [0.15, 0.2) is 0 Å². The van der Waals surface area contributed by atoms with Gasteiger partial charge in [0, 0.05) is 32.9 Å². The number of hydrogen-bond donors (Lipinski definition) is 0. The second-order valence-corrected chi connectivity index (χ2v) is 16.1. The van der Waals surface area contributed by atoms with Gasteiger partial charge in [-0.1, -0.05) is 147 Å². The summed E-state index contributed by atoms with van der Waals surface area (Å²) in [5.41, 5.74) is 20.6. The molecular formula is C55H37NO. The van der Waals surface area contributed by atoms with E-state index in [1.165, 1.54) is 77.5 Å². The molecule has 1 heterocycles. The summed E-state index contributed by atoms with van der Waals surface area (Å²) in [7, 11) is 0. The fourth-order valence-electron chi connectivity index (χ4n) is 9.81. The van der Waals surface area contributed by atoms with E-state index in [-0.39, 0.29) is 5.41 Å². The second-order valence-electron chi connectivity index (χ2n) is 16.1. The summed E-state index contributed by atoms with van der Waals surface area (Å²) < 4.78 is 6.14. The maximum Gasteiger partial charge on any atom is 0.135 e. The van der Waals surface area contributed by atoms with Gasteiger partial charge in [-0.3, -0.25) is 0 Å². The Morgan fingerprint density at radius 3 is 1.65 bits per heavy atom. The smallest absolute Gasteiger partial charge is 0.135 e. The Balaban J connectivity index is 0.975. The number of benzene rings is 9. The van der Waals surface area contributed by atoms with E-state index in [2.05, 4.69) is 195 Å². The van der Waals surface area contributed by atoms with Gasteiger partial charge in [0.05, 0.1) is 5.69 Å². The molecule has 0 atom stereocenters. The maximum absolute atomic E-state index is 6.14. The van der Waals surface area contributed by atoms with Crippen molar-refractivity contribution in [3.05, 3.63) is 199 Å². The first-order valence-corrected chi connectivity index (χ1v) is 19.8. The predicted octanol–water partition coefficient (Wildman–Crippen LogP) is 15.5. The molecule has 2 nitrogen and oxygen atoms in total. The zero-order valence-electron chi connectivity index (χ0n) is 31.8. The van der Waals surface area contributed by atoms with Crippen LogP contribution >= 0.6 is 0 Å². The van der Waals surface area contributed by atoms with Gasteiger partial charge in [-0.25, -0.2) is 0 Å². The first kappa shape index (κ1) is 32.1. The Hall–Kier alpha value is -7.16. The average Bonchev–Trinajstić information content (AvgIpc) is 3.88. The van der Waals surface area contributed by atoms with Crippen molar-refractivity contribution in [2.45, 2.75) is 19.3 Å². The normalized spacial score (nSPS) is 13.2. The molecule has 10 aromatic rings. The molecule has 57 heavy (non-hydrogen) atoms. The van der Waals surface area contributed by atoms with Crippen LogP contribution in [0.25, 0.3) is 88.3 Å². The SMILES string of the molecule is CC1(C)c2ccccc2-c2ccc(-c3ccc(N(c4ccc(-c5ccc6oc7ccccc7c6c5)cc4)c4ccc5c6c(cccc46)-c4ccccc4-5)cc3)cc21. The Morgan fingerprint density at radius 1 is 0.368 bits per heavy atom. The Bertz CT molecular complexity index is 3230. The minimum absolute atomic E-state index is 0.0433. The van der Waals surface area contributed by atoms with Crippen LogP contribution in [0.1, 0.15) is 25.0 Å². The molecule has 0 spiro atoms. The van der Waals surface area contributed by atoms with Crippen LogP contribution in [0.2, 0.25) is 0 Å². The molecule has 0 aliphatic heterocycles. The van der Waals surface area contributed by atoms with E-state index in [1.807, 2.05) is 12.1 Å². The summed E-state index contributed by atoms with van der Waals surface area (Å²) in [6, 6.07) is 69.0. The highest BCUT2D eigenvalue weighted by Crippen LogP contribution is 2.52. The van der Waals surface area contributed by atoms with Crippen LogP contribution in [0.4, 0.5) is 17.1 Å². The van der Waals surface area contributed by atoms with Crippen molar-refractivity contribution in [3.8, 4) is 55.6 Å². The van der Waals surface area contributed by atoms with E-state index < -0.39 is 0 Å². The highest BCUT2D eigenvalue weighted by atomic mass is 16.3.